The molecule has 0 unspecified atom stereocenters. The van der Waals surface area contributed by atoms with Crippen molar-refractivity contribution in [3.05, 3.63) is 11.8 Å². The third kappa shape index (κ3) is 2.21. The number of ether oxygens (including phenoxy) is 1. The normalized spacial score (nSPS) is 35.4. The topological polar surface area (TPSA) is 84.1 Å². The van der Waals surface area contributed by atoms with Crippen LogP contribution < -0.4 is 5.32 Å². The molecule has 4 aliphatic rings. The van der Waals surface area contributed by atoms with Gasteiger partial charge in [0, 0.05) is 24.6 Å². The summed E-state index contributed by atoms with van der Waals surface area (Å²) in [7, 11) is 0. The fraction of sp³-hybridized carbons (Fsp3) is 0.688. The summed E-state index contributed by atoms with van der Waals surface area (Å²) in [5, 5.41) is 10.2. The molecule has 5 rings (SSSR count). The highest BCUT2D eigenvalue weighted by atomic mass is 16.5. The molecular formula is C16H21N3O3. The molecule has 1 aromatic rings. The van der Waals surface area contributed by atoms with Crippen molar-refractivity contribution in [3.8, 4) is 0 Å². The summed E-state index contributed by atoms with van der Waals surface area (Å²) in [5.41, 5.74) is 0.930. The number of aromatic nitrogens is 2. The molecule has 2 N–H and O–H groups in total. The number of esters is 1. The van der Waals surface area contributed by atoms with E-state index in [0.717, 1.165) is 50.1 Å². The molecule has 4 aliphatic carbocycles. The summed E-state index contributed by atoms with van der Waals surface area (Å²) in [5.74, 6) is 1.62. The lowest BCUT2D eigenvalue weighted by atomic mass is 9.44. The van der Waals surface area contributed by atoms with E-state index >= 15 is 0 Å². The van der Waals surface area contributed by atoms with Crippen LogP contribution in [0.3, 0.4) is 0 Å². The van der Waals surface area contributed by atoms with Gasteiger partial charge in [-0.25, -0.2) is 0 Å². The van der Waals surface area contributed by atoms with Crippen molar-refractivity contribution in [2.45, 2.75) is 57.5 Å². The fourth-order valence-electron chi connectivity index (χ4n) is 4.18. The lowest BCUT2D eigenvalue weighted by Crippen LogP contribution is -2.58. The Hall–Kier alpha value is -1.85. The lowest BCUT2D eigenvalue weighted by molar-refractivity contribution is -0.158. The minimum absolute atomic E-state index is 0.00427. The SMILES string of the molecule is CC(=O)O[C@@H]1CC[C@H](c2cc(NC(=O)C34CC(C3)C4)n[nH]2)C1. The first-order valence-electron chi connectivity index (χ1n) is 8.08. The van der Waals surface area contributed by atoms with Gasteiger partial charge in [0.25, 0.3) is 0 Å². The van der Waals surface area contributed by atoms with Crippen molar-refractivity contribution < 1.29 is 14.3 Å². The van der Waals surface area contributed by atoms with E-state index in [2.05, 4.69) is 15.5 Å². The van der Waals surface area contributed by atoms with Crippen molar-refractivity contribution in [1.82, 2.24) is 10.2 Å². The zero-order valence-corrected chi connectivity index (χ0v) is 12.7. The molecule has 0 radical (unpaired) electrons. The Morgan fingerprint density at radius 3 is 2.77 bits per heavy atom. The second-order valence-corrected chi connectivity index (χ2v) is 7.16. The number of amides is 1. The molecule has 6 nitrogen and oxygen atoms in total. The number of rotatable bonds is 4. The van der Waals surface area contributed by atoms with Gasteiger partial charge in [-0.3, -0.25) is 14.7 Å². The molecule has 4 fully saturated rings. The Bertz CT molecular complexity index is 607. The maximum Gasteiger partial charge on any atom is 0.302 e. The van der Waals surface area contributed by atoms with Crippen molar-refractivity contribution in [1.29, 1.82) is 0 Å². The first kappa shape index (κ1) is 13.8. The van der Waals surface area contributed by atoms with Gasteiger partial charge in [0.05, 0.1) is 5.41 Å². The minimum Gasteiger partial charge on any atom is -0.463 e. The molecule has 6 heteroatoms. The van der Waals surface area contributed by atoms with E-state index in [4.69, 9.17) is 4.74 Å². The molecule has 118 valence electrons. The van der Waals surface area contributed by atoms with Gasteiger partial charge < -0.3 is 10.1 Å². The summed E-state index contributed by atoms with van der Waals surface area (Å²) in [6.07, 6.45) is 5.81. The second-order valence-electron chi connectivity index (χ2n) is 7.16. The molecule has 0 saturated heterocycles. The molecule has 22 heavy (non-hydrogen) atoms. The number of anilines is 1. The van der Waals surface area contributed by atoms with Gasteiger partial charge in [-0.1, -0.05) is 0 Å². The van der Waals surface area contributed by atoms with Gasteiger partial charge in [0.15, 0.2) is 5.82 Å². The summed E-state index contributed by atoms with van der Waals surface area (Å²) in [4.78, 5) is 23.2. The van der Waals surface area contributed by atoms with E-state index in [-0.39, 0.29) is 23.4 Å². The molecule has 0 aliphatic heterocycles. The van der Waals surface area contributed by atoms with E-state index in [0.29, 0.717) is 11.7 Å². The standard InChI is InChI=1S/C16H21N3O3/c1-9(20)22-12-3-2-11(4-12)13-5-14(19-18-13)17-15(21)16-6-10(7-16)8-16/h5,10-12H,2-4,6-8H2,1H3,(H2,17,18,19,21)/t10?,11-,12+,16?/m0/s1. The van der Waals surface area contributed by atoms with Crippen LogP contribution in [0, 0.1) is 11.3 Å². The summed E-state index contributed by atoms with van der Waals surface area (Å²) >= 11 is 0. The van der Waals surface area contributed by atoms with Gasteiger partial charge in [0.2, 0.25) is 5.91 Å². The van der Waals surface area contributed by atoms with Crippen LogP contribution in [0.4, 0.5) is 5.82 Å². The number of hydrogen-bond acceptors (Lipinski definition) is 4. The molecule has 0 aromatic carbocycles. The predicted octanol–water partition coefficient (Wildman–Crippen LogP) is 2.35. The number of carbonyl (C=O) groups is 2. The first-order chi connectivity index (χ1) is 10.5. The van der Waals surface area contributed by atoms with Crippen LogP contribution in [0.2, 0.25) is 0 Å². The molecule has 2 bridgehead atoms. The van der Waals surface area contributed by atoms with Gasteiger partial charge in [-0.05, 0) is 44.4 Å². The predicted molar refractivity (Wildman–Crippen MR) is 79.1 cm³/mol. The minimum atomic E-state index is -0.221. The Morgan fingerprint density at radius 2 is 2.14 bits per heavy atom. The molecule has 1 heterocycles. The average molecular weight is 303 g/mol. The molecule has 1 aromatic heterocycles. The van der Waals surface area contributed by atoms with Crippen molar-refractivity contribution >= 4 is 17.7 Å². The fourth-order valence-corrected chi connectivity index (χ4v) is 4.18. The van der Waals surface area contributed by atoms with Gasteiger partial charge in [-0.2, -0.15) is 5.10 Å². The van der Waals surface area contributed by atoms with Crippen LogP contribution in [0.25, 0.3) is 0 Å². The number of carbonyl (C=O) groups excluding carboxylic acids is 2. The third-order valence-corrected chi connectivity index (χ3v) is 5.52. The van der Waals surface area contributed by atoms with E-state index in [9.17, 15) is 9.59 Å². The van der Waals surface area contributed by atoms with Crippen LogP contribution >= 0.6 is 0 Å². The van der Waals surface area contributed by atoms with E-state index < -0.39 is 0 Å². The highest BCUT2D eigenvalue weighted by molar-refractivity contribution is 5.96. The summed E-state index contributed by atoms with van der Waals surface area (Å²) in [6, 6.07) is 1.92. The smallest absolute Gasteiger partial charge is 0.302 e. The molecule has 0 spiro atoms. The zero-order chi connectivity index (χ0) is 15.3. The van der Waals surface area contributed by atoms with Crippen LogP contribution in [0.1, 0.15) is 57.1 Å². The number of nitrogens with one attached hydrogen (secondary N) is 2. The Labute approximate surface area is 129 Å². The molecule has 1 amide bonds. The van der Waals surface area contributed by atoms with Gasteiger partial charge >= 0.3 is 5.97 Å². The second kappa shape index (κ2) is 4.83. The maximum atomic E-state index is 12.2. The van der Waals surface area contributed by atoms with Crippen LogP contribution in [-0.4, -0.2) is 28.2 Å². The van der Waals surface area contributed by atoms with Crippen molar-refractivity contribution in [2.75, 3.05) is 5.32 Å². The van der Waals surface area contributed by atoms with E-state index in [1.165, 1.54) is 6.92 Å². The van der Waals surface area contributed by atoms with Crippen LogP contribution in [-0.2, 0) is 14.3 Å². The van der Waals surface area contributed by atoms with E-state index in [1.807, 2.05) is 6.07 Å². The van der Waals surface area contributed by atoms with Crippen molar-refractivity contribution in [2.24, 2.45) is 11.3 Å². The summed E-state index contributed by atoms with van der Waals surface area (Å²) < 4.78 is 5.26. The largest absolute Gasteiger partial charge is 0.463 e. The monoisotopic (exact) mass is 303 g/mol. The van der Waals surface area contributed by atoms with Gasteiger partial charge in [-0.15, -0.1) is 0 Å². The quantitative estimate of drug-likeness (QED) is 0.836. The lowest BCUT2D eigenvalue weighted by Gasteiger charge is -2.59. The third-order valence-electron chi connectivity index (χ3n) is 5.52. The number of hydrogen-bond donors (Lipinski definition) is 2. The maximum absolute atomic E-state index is 12.2. The Morgan fingerprint density at radius 1 is 1.36 bits per heavy atom. The van der Waals surface area contributed by atoms with Crippen LogP contribution in [0.15, 0.2) is 6.07 Å². The highest BCUT2D eigenvalue weighted by Crippen LogP contribution is 2.64. The highest BCUT2D eigenvalue weighted by Gasteiger charge is 2.61. The Kier molecular flexibility index (Phi) is 3.03. The van der Waals surface area contributed by atoms with E-state index in [1.54, 1.807) is 0 Å². The molecule has 2 atom stereocenters. The van der Waals surface area contributed by atoms with Crippen molar-refractivity contribution in [3.63, 3.8) is 0 Å². The average Bonchev–Trinajstić information content (AvgIpc) is 2.92. The van der Waals surface area contributed by atoms with Crippen LogP contribution in [0.5, 0.6) is 0 Å². The summed E-state index contributed by atoms with van der Waals surface area (Å²) in [6.45, 7) is 1.45. The number of aromatic amines is 1. The first-order valence-corrected chi connectivity index (χ1v) is 8.08. The number of H-pyrrole nitrogens is 1. The molecular weight excluding hydrogens is 282 g/mol. The Balaban J connectivity index is 1.35. The molecule has 4 saturated carbocycles. The van der Waals surface area contributed by atoms with Gasteiger partial charge in [0.1, 0.15) is 6.10 Å². The number of nitrogens with zero attached hydrogens (tertiary/aromatic N) is 1. The zero-order valence-electron chi connectivity index (χ0n) is 12.7.